The van der Waals surface area contributed by atoms with Crippen molar-refractivity contribution in [1.82, 2.24) is 10.3 Å². The average molecular weight is 503 g/mol. The maximum atomic E-state index is 13.4. The molecule has 0 atom stereocenters. The number of methoxy groups -OCH3 is 1. The molecule has 1 aliphatic rings. The molecule has 0 saturated carbocycles. The van der Waals surface area contributed by atoms with Gasteiger partial charge in [0.2, 0.25) is 5.78 Å². The number of aromatic nitrogens is 1. The third kappa shape index (κ3) is 6.09. The van der Waals surface area contributed by atoms with Gasteiger partial charge in [-0.2, -0.15) is 0 Å². The average Bonchev–Trinajstić information content (AvgIpc) is 2.89. The summed E-state index contributed by atoms with van der Waals surface area (Å²) < 4.78 is 11.5. The third-order valence-electron chi connectivity index (χ3n) is 6.48. The van der Waals surface area contributed by atoms with Gasteiger partial charge in [0, 0.05) is 11.8 Å². The van der Waals surface area contributed by atoms with Crippen LogP contribution in [0.25, 0.3) is 0 Å². The van der Waals surface area contributed by atoms with Gasteiger partial charge in [0.05, 0.1) is 24.0 Å². The minimum atomic E-state index is -0.370. The monoisotopic (exact) mass is 502 g/mol. The molecule has 1 fully saturated rings. The number of nitrogens with zero attached hydrogens (tertiary/aromatic N) is 1. The Hall–Kier alpha value is -3.91. The fourth-order valence-electron chi connectivity index (χ4n) is 4.20. The molecule has 3 aromatic rings. The number of nitrogen functional groups attached to an aromatic ring is 1. The zero-order valence-corrected chi connectivity index (χ0v) is 21.8. The molecule has 1 aromatic heterocycles. The fourth-order valence-corrected chi connectivity index (χ4v) is 4.20. The summed E-state index contributed by atoms with van der Waals surface area (Å²) in [6.07, 6.45) is 3.23. The predicted octanol–water partition coefficient (Wildman–Crippen LogP) is 4.58. The molecule has 0 bridgehead atoms. The van der Waals surface area contributed by atoms with Gasteiger partial charge in [0.15, 0.2) is 0 Å². The number of hydrogen-bond acceptors (Lipinski definition) is 7. The number of carbonyl (C=O) groups excluding carboxylic acids is 2. The Morgan fingerprint density at radius 2 is 1.76 bits per heavy atom. The van der Waals surface area contributed by atoms with E-state index in [1.807, 2.05) is 12.1 Å². The molecular weight excluding hydrogens is 468 g/mol. The van der Waals surface area contributed by atoms with Crippen LogP contribution < -0.4 is 25.8 Å². The van der Waals surface area contributed by atoms with Crippen LogP contribution in [0.3, 0.4) is 0 Å². The third-order valence-corrected chi connectivity index (χ3v) is 6.48. The number of benzene rings is 2. The molecule has 1 amide bonds. The van der Waals surface area contributed by atoms with Crippen LogP contribution in [0.4, 0.5) is 11.4 Å². The largest absolute Gasteiger partial charge is 0.497 e. The summed E-state index contributed by atoms with van der Waals surface area (Å²) in [6.45, 7) is 8.12. The zero-order chi connectivity index (χ0) is 26.6. The number of nitrogens with one attached hydrogen (secondary N) is 2. The zero-order valence-electron chi connectivity index (χ0n) is 21.8. The molecule has 4 rings (SSSR count). The second-order valence-electron chi connectivity index (χ2n) is 10.2. The number of amides is 1. The quantitative estimate of drug-likeness (QED) is 0.405. The number of nitrogens with two attached hydrogens (primary N) is 1. The van der Waals surface area contributed by atoms with E-state index in [0.29, 0.717) is 28.3 Å². The van der Waals surface area contributed by atoms with E-state index in [1.54, 1.807) is 43.5 Å². The van der Waals surface area contributed by atoms with Crippen LogP contribution in [0.2, 0.25) is 0 Å². The van der Waals surface area contributed by atoms with Gasteiger partial charge in [0.1, 0.15) is 23.3 Å². The second-order valence-corrected chi connectivity index (χ2v) is 10.2. The van der Waals surface area contributed by atoms with Crippen molar-refractivity contribution in [2.45, 2.75) is 45.1 Å². The van der Waals surface area contributed by atoms with Crippen molar-refractivity contribution < 1.29 is 19.1 Å². The van der Waals surface area contributed by atoms with Crippen LogP contribution in [0.15, 0.2) is 54.7 Å². The minimum Gasteiger partial charge on any atom is -0.497 e. The van der Waals surface area contributed by atoms with Crippen molar-refractivity contribution in [1.29, 1.82) is 0 Å². The Kier molecular flexibility index (Phi) is 7.78. The smallest absolute Gasteiger partial charge is 0.259 e. The van der Waals surface area contributed by atoms with Crippen LogP contribution in [0.1, 0.15) is 65.6 Å². The van der Waals surface area contributed by atoms with Crippen LogP contribution in [0, 0.1) is 0 Å². The minimum absolute atomic E-state index is 0.0303. The van der Waals surface area contributed by atoms with Crippen LogP contribution >= 0.6 is 0 Å². The lowest BCUT2D eigenvalue weighted by Gasteiger charge is -2.27. The molecule has 0 radical (unpaired) electrons. The first-order valence-corrected chi connectivity index (χ1v) is 12.4. The van der Waals surface area contributed by atoms with Crippen molar-refractivity contribution >= 4 is 23.1 Å². The molecule has 37 heavy (non-hydrogen) atoms. The van der Waals surface area contributed by atoms with Gasteiger partial charge in [0.25, 0.3) is 5.91 Å². The molecule has 0 aliphatic carbocycles. The van der Waals surface area contributed by atoms with Gasteiger partial charge in [-0.15, -0.1) is 0 Å². The van der Waals surface area contributed by atoms with Crippen molar-refractivity contribution in [2.24, 2.45) is 0 Å². The maximum Gasteiger partial charge on any atom is 0.259 e. The first-order chi connectivity index (χ1) is 17.7. The lowest BCUT2D eigenvalue weighted by Crippen LogP contribution is -2.34. The summed E-state index contributed by atoms with van der Waals surface area (Å²) in [5.74, 6) is 0.461. The van der Waals surface area contributed by atoms with Crippen molar-refractivity contribution in [3.05, 3.63) is 77.1 Å². The number of piperidine rings is 1. The molecule has 2 aromatic carbocycles. The first kappa shape index (κ1) is 26.2. The maximum absolute atomic E-state index is 13.4. The first-order valence-electron chi connectivity index (χ1n) is 12.4. The molecule has 194 valence electrons. The van der Waals surface area contributed by atoms with Crippen LogP contribution in [0.5, 0.6) is 11.5 Å². The molecular formula is C29H34N4O4. The number of pyridine rings is 1. The highest BCUT2D eigenvalue weighted by molar-refractivity contribution is 6.14. The molecule has 0 unspecified atom stereocenters. The highest BCUT2D eigenvalue weighted by Crippen LogP contribution is 2.32. The van der Waals surface area contributed by atoms with Gasteiger partial charge in [-0.3, -0.25) is 14.6 Å². The molecule has 4 N–H and O–H groups in total. The van der Waals surface area contributed by atoms with E-state index in [-0.39, 0.29) is 34.6 Å². The molecule has 2 heterocycles. The second kappa shape index (κ2) is 11.0. The molecule has 1 aliphatic heterocycles. The Morgan fingerprint density at radius 3 is 2.41 bits per heavy atom. The Balaban J connectivity index is 1.61. The number of ketones is 1. The number of ether oxygens (including phenoxy) is 2. The van der Waals surface area contributed by atoms with E-state index < -0.39 is 0 Å². The number of anilines is 2. The van der Waals surface area contributed by atoms with Crippen molar-refractivity contribution in [3.63, 3.8) is 0 Å². The Morgan fingerprint density at radius 1 is 1.05 bits per heavy atom. The van der Waals surface area contributed by atoms with Gasteiger partial charge in [-0.1, -0.05) is 26.8 Å². The summed E-state index contributed by atoms with van der Waals surface area (Å²) in [6, 6.07) is 13.9. The number of hydrogen-bond donors (Lipinski definition) is 3. The van der Waals surface area contributed by atoms with Crippen molar-refractivity contribution in [3.8, 4) is 11.5 Å². The van der Waals surface area contributed by atoms with Crippen LogP contribution in [-0.4, -0.2) is 43.0 Å². The van der Waals surface area contributed by atoms with E-state index in [1.165, 1.54) is 6.20 Å². The topological polar surface area (TPSA) is 116 Å². The van der Waals surface area contributed by atoms with Gasteiger partial charge in [-0.25, -0.2) is 0 Å². The van der Waals surface area contributed by atoms with E-state index in [9.17, 15) is 9.59 Å². The highest BCUT2D eigenvalue weighted by Gasteiger charge is 2.24. The Bertz CT molecular complexity index is 1280. The Labute approximate surface area is 217 Å². The standard InChI is InChI=1S/C29H34N4O4/c1-29(2,3)19-7-10-22(24(17-19)37-21-11-14-31-15-12-21)28(35)33-23-13-16-32-26(25(23)30)27(34)18-5-8-20(36-4)9-6-18/h5-10,13,16-17,21,31H,11-12,14-15,30H2,1-4H3,(H,32,33,35). The summed E-state index contributed by atoms with van der Waals surface area (Å²) in [4.78, 5) is 30.7. The van der Waals surface area contributed by atoms with E-state index in [0.717, 1.165) is 31.5 Å². The summed E-state index contributed by atoms with van der Waals surface area (Å²) >= 11 is 0. The van der Waals surface area contributed by atoms with Gasteiger partial charge >= 0.3 is 0 Å². The predicted molar refractivity (Wildman–Crippen MR) is 145 cm³/mol. The summed E-state index contributed by atoms with van der Waals surface area (Å²) in [5, 5.41) is 6.19. The lowest BCUT2D eigenvalue weighted by molar-refractivity contribution is 0.101. The van der Waals surface area contributed by atoms with E-state index in [4.69, 9.17) is 15.2 Å². The van der Waals surface area contributed by atoms with Crippen LogP contribution in [-0.2, 0) is 5.41 Å². The van der Waals surface area contributed by atoms with Crippen molar-refractivity contribution in [2.75, 3.05) is 31.2 Å². The summed E-state index contributed by atoms with van der Waals surface area (Å²) in [7, 11) is 1.56. The molecule has 0 spiro atoms. The lowest BCUT2D eigenvalue weighted by atomic mass is 9.86. The van der Waals surface area contributed by atoms with Gasteiger partial charge in [-0.05, 0) is 79.4 Å². The normalized spacial score (nSPS) is 14.2. The number of rotatable bonds is 7. The van der Waals surface area contributed by atoms with E-state index in [2.05, 4.69) is 36.4 Å². The molecule has 1 saturated heterocycles. The molecule has 8 heteroatoms. The fraction of sp³-hybridized carbons (Fsp3) is 0.345. The van der Waals surface area contributed by atoms with E-state index >= 15 is 0 Å². The highest BCUT2D eigenvalue weighted by atomic mass is 16.5. The number of carbonyl (C=O) groups is 2. The SMILES string of the molecule is COc1ccc(C(=O)c2nccc(NC(=O)c3ccc(C(C)(C)C)cc3OC3CCNCC3)c2N)cc1. The summed E-state index contributed by atoms with van der Waals surface area (Å²) in [5.41, 5.74) is 8.58. The van der Waals surface area contributed by atoms with Gasteiger partial charge < -0.3 is 25.8 Å². The molecule has 8 nitrogen and oxygen atoms in total.